The minimum absolute atomic E-state index is 0.635. The van der Waals surface area contributed by atoms with Crippen molar-refractivity contribution in [2.24, 2.45) is 0 Å². The van der Waals surface area contributed by atoms with Crippen molar-refractivity contribution in [3.05, 3.63) is 47.6 Å². The number of halogens is 1. The molecule has 2 rings (SSSR count). The zero-order valence-corrected chi connectivity index (χ0v) is 11.9. The molecule has 0 saturated heterocycles. The number of nitrogens with zero attached hydrogens (tertiary/aromatic N) is 2. The van der Waals surface area contributed by atoms with E-state index in [1.807, 2.05) is 50.5 Å². The number of benzene rings is 1. The molecule has 0 atom stereocenters. The molecule has 0 bridgehead atoms. The van der Waals surface area contributed by atoms with Crippen LogP contribution in [0.1, 0.15) is 0 Å². The predicted octanol–water partition coefficient (Wildman–Crippen LogP) is 3.34. The van der Waals surface area contributed by atoms with Crippen molar-refractivity contribution in [1.82, 2.24) is 9.88 Å². The second-order valence-corrected chi connectivity index (χ2v) is 4.98. The van der Waals surface area contributed by atoms with Crippen LogP contribution in [0.4, 0.5) is 0 Å². The van der Waals surface area contributed by atoms with Crippen LogP contribution in [0.5, 0.6) is 5.88 Å². The standard InChI is InChI=1S/C15H17ClN2O/c1-18(2)8-9-19-15-7-6-13(11-17-15)12-4-3-5-14(16)10-12/h3-7,10-11H,8-9H2,1-2H3. The van der Waals surface area contributed by atoms with Gasteiger partial charge in [0.25, 0.3) is 0 Å². The molecule has 0 unspecified atom stereocenters. The number of ether oxygens (including phenoxy) is 1. The van der Waals surface area contributed by atoms with Gasteiger partial charge in [0.1, 0.15) is 6.61 Å². The molecule has 0 spiro atoms. The van der Waals surface area contributed by atoms with Gasteiger partial charge >= 0.3 is 0 Å². The van der Waals surface area contributed by atoms with Crippen LogP contribution in [0.25, 0.3) is 11.1 Å². The van der Waals surface area contributed by atoms with Crippen LogP contribution in [-0.4, -0.2) is 37.1 Å². The van der Waals surface area contributed by atoms with Gasteiger partial charge in [0.15, 0.2) is 0 Å². The van der Waals surface area contributed by atoms with E-state index < -0.39 is 0 Å². The Morgan fingerprint density at radius 1 is 1.16 bits per heavy atom. The van der Waals surface area contributed by atoms with E-state index in [2.05, 4.69) is 9.88 Å². The number of pyridine rings is 1. The highest BCUT2D eigenvalue weighted by atomic mass is 35.5. The first kappa shape index (κ1) is 13.8. The van der Waals surface area contributed by atoms with Gasteiger partial charge in [0, 0.05) is 29.4 Å². The first-order chi connectivity index (χ1) is 9.15. The Labute approximate surface area is 118 Å². The van der Waals surface area contributed by atoms with Gasteiger partial charge in [-0.3, -0.25) is 0 Å². The quantitative estimate of drug-likeness (QED) is 0.837. The van der Waals surface area contributed by atoms with Gasteiger partial charge in [-0.1, -0.05) is 23.7 Å². The van der Waals surface area contributed by atoms with Crippen LogP contribution >= 0.6 is 11.6 Å². The van der Waals surface area contributed by atoms with E-state index in [0.29, 0.717) is 12.5 Å². The number of hydrogen-bond donors (Lipinski definition) is 0. The number of aromatic nitrogens is 1. The maximum atomic E-state index is 5.97. The fourth-order valence-electron chi connectivity index (χ4n) is 1.64. The van der Waals surface area contributed by atoms with Crippen molar-refractivity contribution in [2.45, 2.75) is 0 Å². The second kappa shape index (κ2) is 6.55. The minimum Gasteiger partial charge on any atom is -0.476 e. The normalized spacial score (nSPS) is 10.7. The number of likely N-dealkylation sites (N-methyl/N-ethyl adjacent to an activating group) is 1. The molecule has 19 heavy (non-hydrogen) atoms. The summed E-state index contributed by atoms with van der Waals surface area (Å²) in [4.78, 5) is 6.37. The van der Waals surface area contributed by atoms with E-state index in [0.717, 1.165) is 22.7 Å². The molecule has 0 aliphatic rings. The molecule has 0 saturated carbocycles. The van der Waals surface area contributed by atoms with E-state index in [1.165, 1.54) is 0 Å². The van der Waals surface area contributed by atoms with Crippen molar-refractivity contribution >= 4 is 11.6 Å². The molecule has 0 aliphatic heterocycles. The fraction of sp³-hybridized carbons (Fsp3) is 0.267. The van der Waals surface area contributed by atoms with E-state index in [1.54, 1.807) is 6.20 Å². The van der Waals surface area contributed by atoms with Crippen molar-refractivity contribution < 1.29 is 4.74 Å². The summed E-state index contributed by atoms with van der Waals surface area (Å²) >= 11 is 5.97. The summed E-state index contributed by atoms with van der Waals surface area (Å²) in [6, 6.07) is 11.6. The highest BCUT2D eigenvalue weighted by molar-refractivity contribution is 6.30. The zero-order valence-electron chi connectivity index (χ0n) is 11.1. The van der Waals surface area contributed by atoms with Crippen LogP contribution in [0.15, 0.2) is 42.6 Å². The third-order valence-electron chi connectivity index (χ3n) is 2.68. The van der Waals surface area contributed by atoms with Crippen molar-refractivity contribution in [1.29, 1.82) is 0 Å². The molecule has 1 heterocycles. The lowest BCUT2D eigenvalue weighted by atomic mass is 10.1. The lowest BCUT2D eigenvalue weighted by molar-refractivity contribution is 0.254. The van der Waals surface area contributed by atoms with Gasteiger partial charge in [-0.25, -0.2) is 4.98 Å². The van der Waals surface area contributed by atoms with E-state index in [4.69, 9.17) is 16.3 Å². The Bertz CT molecular complexity index is 526. The molecule has 3 nitrogen and oxygen atoms in total. The Morgan fingerprint density at radius 2 is 2.00 bits per heavy atom. The Balaban J connectivity index is 2.02. The first-order valence-corrected chi connectivity index (χ1v) is 6.52. The average molecular weight is 277 g/mol. The Hall–Kier alpha value is -1.58. The van der Waals surface area contributed by atoms with Gasteiger partial charge in [0.2, 0.25) is 5.88 Å². The second-order valence-electron chi connectivity index (χ2n) is 4.55. The van der Waals surface area contributed by atoms with Gasteiger partial charge < -0.3 is 9.64 Å². The van der Waals surface area contributed by atoms with Gasteiger partial charge in [-0.15, -0.1) is 0 Å². The molecular weight excluding hydrogens is 260 g/mol. The van der Waals surface area contributed by atoms with Gasteiger partial charge in [-0.05, 0) is 37.9 Å². The highest BCUT2D eigenvalue weighted by Crippen LogP contribution is 2.23. The van der Waals surface area contributed by atoms with Gasteiger partial charge in [-0.2, -0.15) is 0 Å². The maximum Gasteiger partial charge on any atom is 0.213 e. The van der Waals surface area contributed by atoms with Crippen LogP contribution in [-0.2, 0) is 0 Å². The van der Waals surface area contributed by atoms with E-state index in [9.17, 15) is 0 Å². The summed E-state index contributed by atoms with van der Waals surface area (Å²) in [5.74, 6) is 0.646. The van der Waals surface area contributed by atoms with Crippen LogP contribution < -0.4 is 4.74 Å². The fourth-order valence-corrected chi connectivity index (χ4v) is 1.83. The van der Waals surface area contributed by atoms with Crippen LogP contribution in [0.3, 0.4) is 0 Å². The molecule has 0 radical (unpaired) electrons. The molecule has 0 aliphatic carbocycles. The summed E-state index contributed by atoms with van der Waals surface area (Å²) in [6.07, 6.45) is 1.80. The van der Waals surface area contributed by atoms with Crippen molar-refractivity contribution in [2.75, 3.05) is 27.2 Å². The SMILES string of the molecule is CN(C)CCOc1ccc(-c2cccc(Cl)c2)cn1. The molecule has 0 N–H and O–H groups in total. The average Bonchev–Trinajstić information content (AvgIpc) is 2.39. The molecule has 2 aromatic rings. The monoisotopic (exact) mass is 276 g/mol. The largest absolute Gasteiger partial charge is 0.476 e. The number of rotatable bonds is 5. The number of hydrogen-bond acceptors (Lipinski definition) is 3. The molecule has 1 aromatic heterocycles. The molecule has 100 valence electrons. The molecule has 0 fully saturated rings. The van der Waals surface area contributed by atoms with E-state index in [-0.39, 0.29) is 0 Å². The summed E-state index contributed by atoms with van der Waals surface area (Å²) in [5, 5.41) is 0.726. The lowest BCUT2D eigenvalue weighted by Crippen LogP contribution is -2.19. The topological polar surface area (TPSA) is 25.4 Å². The zero-order chi connectivity index (χ0) is 13.7. The van der Waals surface area contributed by atoms with Crippen LogP contribution in [0.2, 0.25) is 5.02 Å². The first-order valence-electron chi connectivity index (χ1n) is 6.14. The third-order valence-corrected chi connectivity index (χ3v) is 2.92. The highest BCUT2D eigenvalue weighted by Gasteiger charge is 2.01. The summed E-state index contributed by atoms with van der Waals surface area (Å²) in [5.41, 5.74) is 2.09. The lowest BCUT2D eigenvalue weighted by Gasteiger charge is -2.10. The predicted molar refractivity (Wildman–Crippen MR) is 78.7 cm³/mol. The van der Waals surface area contributed by atoms with Crippen LogP contribution in [0, 0.1) is 0 Å². The summed E-state index contributed by atoms with van der Waals surface area (Å²) in [6.45, 7) is 1.51. The Kier molecular flexibility index (Phi) is 4.77. The molecule has 0 amide bonds. The summed E-state index contributed by atoms with van der Waals surface area (Å²) in [7, 11) is 4.03. The van der Waals surface area contributed by atoms with Crippen molar-refractivity contribution in [3.8, 4) is 17.0 Å². The van der Waals surface area contributed by atoms with Gasteiger partial charge in [0.05, 0.1) is 0 Å². The summed E-state index contributed by atoms with van der Waals surface area (Å²) < 4.78 is 5.55. The van der Waals surface area contributed by atoms with E-state index >= 15 is 0 Å². The smallest absolute Gasteiger partial charge is 0.213 e. The molecule has 4 heteroatoms. The molecular formula is C15H17ClN2O. The van der Waals surface area contributed by atoms with Crippen molar-refractivity contribution in [3.63, 3.8) is 0 Å². The molecule has 1 aromatic carbocycles. The maximum absolute atomic E-state index is 5.97. The Morgan fingerprint density at radius 3 is 2.63 bits per heavy atom. The third kappa shape index (κ3) is 4.23. The minimum atomic E-state index is 0.635.